The molecule has 0 bridgehead atoms. The second-order valence-electron chi connectivity index (χ2n) is 7.54. The molecule has 0 saturated carbocycles. The number of carbonyl (C=O) groups is 1. The minimum absolute atomic E-state index is 0.0287. The van der Waals surface area contributed by atoms with E-state index in [1.807, 2.05) is 60.7 Å². The predicted octanol–water partition coefficient (Wildman–Crippen LogP) is 4.69. The van der Waals surface area contributed by atoms with Crippen molar-refractivity contribution in [3.63, 3.8) is 0 Å². The van der Waals surface area contributed by atoms with Gasteiger partial charge in [0.2, 0.25) is 0 Å². The Labute approximate surface area is 146 Å². The van der Waals surface area contributed by atoms with Gasteiger partial charge in [-0.1, -0.05) is 87.2 Å². The normalized spacial score (nSPS) is 14.9. The minimum atomic E-state index is -3.06. The molecule has 128 valence electrons. The summed E-state index contributed by atoms with van der Waals surface area (Å²) in [5, 5.41) is 1.56. The van der Waals surface area contributed by atoms with Crippen LogP contribution in [0.4, 0.5) is 0 Å². The highest BCUT2D eigenvalue weighted by molar-refractivity contribution is 7.80. The molecule has 0 amide bonds. The Hall–Kier alpha value is -1.44. The third-order valence-electron chi connectivity index (χ3n) is 4.93. The summed E-state index contributed by atoms with van der Waals surface area (Å²) in [6.45, 7) is 10.4. The lowest BCUT2D eigenvalue weighted by molar-refractivity contribution is -0.116. The van der Waals surface area contributed by atoms with E-state index in [1.54, 1.807) is 6.92 Å². The first-order chi connectivity index (χ1) is 11.2. The summed E-state index contributed by atoms with van der Waals surface area (Å²) in [5.74, 6) is 0.0287. The van der Waals surface area contributed by atoms with Gasteiger partial charge < -0.3 is 4.57 Å². The zero-order valence-corrected chi connectivity index (χ0v) is 17.1. The van der Waals surface area contributed by atoms with E-state index in [4.69, 9.17) is 0 Å². The number of Topliss-reactive ketones (excluding diaryl/α,β-unsaturated/α-hetero) is 1. The van der Waals surface area contributed by atoms with Crippen LogP contribution < -0.4 is 10.6 Å². The van der Waals surface area contributed by atoms with E-state index in [0.717, 1.165) is 10.6 Å². The summed E-state index contributed by atoms with van der Waals surface area (Å²) in [6, 6.07) is 19.1. The summed E-state index contributed by atoms with van der Waals surface area (Å²) in [6.07, 6.45) is 0. The standard InChI is InChI=1S/C20H27O2PSi/c1-16(21)20(17(2)24(3,4)5)23(22,18-12-8-6-9-13-18)19-14-10-7-11-15-19/h6-15,17,20H,1-5H3/t17-,20+/m0/s1. The number of ketones is 1. The van der Waals surface area contributed by atoms with Crippen LogP contribution in [0.25, 0.3) is 0 Å². The van der Waals surface area contributed by atoms with Crippen molar-refractivity contribution in [2.75, 3.05) is 0 Å². The van der Waals surface area contributed by atoms with Gasteiger partial charge in [0.1, 0.15) is 5.78 Å². The molecule has 0 aliphatic carbocycles. The van der Waals surface area contributed by atoms with Crippen molar-refractivity contribution in [2.24, 2.45) is 0 Å². The third-order valence-corrected chi connectivity index (χ3v) is 12.0. The van der Waals surface area contributed by atoms with E-state index < -0.39 is 20.9 Å². The molecule has 24 heavy (non-hydrogen) atoms. The smallest absolute Gasteiger partial charge is 0.153 e. The van der Waals surface area contributed by atoms with Crippen LogP contribution in [-0.4, -0.2) is 19.5 Å². The van der Waals surface area contributed by atoms with Crippen molar-refractivity contribution in [3.05, 3.63) is 60.7 Å². The van der Waals surface area contributed by atoms with Crippen molar-refractivity contribution in [3.8, 4) is 0 Å². The van der Waals surface area contributed by atoms with Crippen molar-refractivity contribution in [2.45, 2.75) is 44.7 Å². The highest BCUT2D eigenvalue weighted by atomic mass is 31.2. The molecule has 0 heterocycles. The fraction of sp³-hybridized carbons (Fsp3) is 0.350. The highest BCUT2D eigenvalue weighted by Crippen LogP contribution is 2.55. The average Bonchev–Trinajstić information content (AvgIpc) is 2.55. The Kier molecular flexibility index (Phi) is 5.67. The van der Waals surface area contributed by atoms with E-state index in [2.05, 4.69) is 26.6 Å². The molecule has 0 fully saturated rings. The van der Waals surface area contributed by atoms with Gasteiger partial charge in [0, 0.05) is 18.7 Å². The van der Waals surface area contributed by atoms with Gasteiger partial charge in [-0.2, -0.15) is 0 Å². The first-order valence-electron chi connectivity index (χ1n) is 8.40. The van der Waals surface area contributed by atoms with Crippen LogP contribution in [0.1, 0.15) is 13.8 Å². The third kappa shape index (κ3) is 3.63. The van der Waals surface area contributed by atoms with Gasteiger partial charge >= 0.3 is 0 Å². The monoisotopic (exact) mass is 358 g/mol. The van der Waals surface area contributed by atoms with E-state index in [-0.39, 0.29) is 11.3 Å². The Morgan fingerprint density at radius 3 is 1.54 bits per heavy atom. The number of rotatable bonds is 6. The highest BCUT2D eigenvalue weighted by Gasteiger charge is 2.46. The zero-order chi connectivity index (χ0) is 18.0. The SMILES string of the molecule is CC(=O)[C@H]([C@H](C)[Si](C)(C)C)P(=O)(c1ccccc1)c1ccccc1. The van der Waals surface area contributed by atoms with Crippen LogP contribution in [0, 0.1) is 0 Å². The van der Waals surface area contributed by atoms with Gasteiger partial charge in [-0.05, 0) is 12.5 Å². The van der Waals surface area contributed by atoms with Crippen molar-refractivity contribution in [1.29, 1.82) is 0 Å². The Morgan fingerprint density at radius 2 is 1.25 bits per heavy atom. The van der Waals surface area contributed by atoms with Crippen LogP contribution >= 0.6 is 7.14 Å². The Morgan fingerprint density at radius 1 is 0.875 bits per heavy atom. The number of hydrogen-bond acceptors (Lipinski definition) is 2. The van der Waals surface area contributed by atoms with Crippen LogP contribution in [0.15, 0.2) is 60.7 Å². The van der Waals surface area contributed by atoms with Gasteiger partial charge in [-0.25, -0.2) is 0 Å². The second-order valence-corrected chi connectivity index (χ2v) is 16.1. The molecule has 2 nitrogen and oxygen atoms in total. The topological polar surface area (TPSA) is 34.1 Å². The Bertz CT molecular complexity index is 692. The summed E-state index contributed by atoms with van der Waals surface area (Å²) in [5.41, 5.74) is -0.338. The summed E-state index contributed by atoms with van der Waals surface area (Å²) < 4.78 is 14.4. The molecule has 0 saturated heterocycles. The number of hydrogen-bond donors (Lipinski definition) is 0. The molecule has 2 aromatic rings. The molecule has 0 unspecified atom stereocenters. The van der Waals surface area contributed by atoms with Gasteiger partial charge in [0.25, 0.3) is 0 Å². The maximum Gasteiger partial charge on any atom is 0.153 e. The largest absolute Gasteiger partial charge is 0.313 e. The van der Waals surface area contributed by atoms with Crippen molar-refractivity contribution in [1.82, 2.24) is 0 Å². The summed E-state index contributed by atoms with van der Waals surface area (Å²) in [7, 11) is -4.71. The van der Waals surface area contributed by atoms with E-state index in [0.29, 0.717) is 0 Å². The molecular formula is C20H27O2PSi. The molecule has 0 aromatic heterocycles. The zero-order valence-electron chi connectivity index (χ0n) is 15.2. The maximum absolute atomic E-state index is 14.4. The first-order valence-corrected chi connectivity index (χ1v) is 13.8. The molecule has 4 heteroatoms. The van der Waals surface area contributed by atoms with Gasteiger partial charge in [0.15, 0.2) is 7.14 Å². The number of carbonyl (C=O) groups excluding carboxylic acids is 1. The molecule has 2 atom stereocenters. The molecule has 0 spiro atoms. The van der Waals surface area contributed by atoms with Gasteiger partial charge in [-0.3, -0.25) is 4.79 Å². The van der Waals surface area contributed by atoms with Crippen molar-refractivity contribution >= 4 is 31.6 Å². The lowest BCUT2D eigenvalue weighted by atomic mass is 10.2. The fourth-order valence-corrected chi connectivity index (χ4v) is 9.63. The van der Waals surface area contributed by atoms with E-state index in [1.165, 1.54) is 0 Å². The minimum Gasteiger partial charge on any atom is -0.313 e. The fourth-order valence-electron chi connectivity index (χ4n) is 3.17. The molecular weight excluding hydrogens is 331 g/mol. The van der Waals surface area contributed by atoms with Crippen molar-refractivity contribution < 1.29 is 9.36 Å². The second kappa shape index (κ2) is 7.21. The lowest BCUT2D eigenvalue weighted by Gasteiger charge is -2.37. The summed E-state index contributed by atoms with van der Waals surface area (Å²) >= 11 is 0. The van der Waals surface area contributed by atoms with E-state index in [9.17, 15) is 9.36 Å². The molecule has 2 aromatic carbocycles. The predicted molar refractivity (Wildman–Crippen MR) is 107 cm³/mol. The quantitative estimate of drug-likeness (QED) is 0.555. The molecule has 2 rings (SSSR count). The van der Waals surface area contributed by atoms with Gasteiger partial charge in [-0.15, -0.1) is 0 Å². The molecule has 0 N–H and O–H groups in total. The van der Waals surface area contributed by atoms with Crippen LogP contribution in [0.2, 0.25) is 25.2 Å². The number of benzene rings is 2. The van der Waals surface area contributed by atoms with Gasteiger partial charge in [0.05, 0.1) is 5.66 Å². The first kappa shape index (κ1) is 18.9. The summed E-state index contributed by atoms with van der Waals surface area (Å²) in [4.78, 5) is 12.7. The maximum atomic E-state index is 14.4. The molecule has 0 aliphatic heterocycles. The van der Waals surface area contributed by atoms with Crippen LogP contribution in [0.3, 0.4) is 0 Å². The molecule has 0 aliphatic rings. The van der Waals surface area contributed by atoms with E-state index >= 15 is 0 Å². The Balaban J connectivity index is 2.74. The lowest BCUT2D eigenvalue weighted by Crippen LogP contribution is -2.42. The molecule has 0 radical (unpaired) electrons. The van der Waals surface area contributed by atoms with Crippen LogP contribution in [0.5, 0.6) is 0 Å². The average molecular weight is 358 g/mol. The van der Waals surface area contributed by atoms with Crippen LogP contribution in [-0.2, 0) is 9.36 Å².